The molecule has 0 aromatic carbocycles. The monoisotopic (exact) mass is 414 g/mol. The molecule has 4 aliphatic carbocycles. The Kier molecular flexibility index (Phi) is 6.53. The molecule has 0 aromatic rings. The molecule has 0 amide bonds. The summed E-state index contributed by atoms with van der Waals surface area (Å²) in [6, 6.07) is 0. The Hall–Kier alpha value is -0.300. The smallest absolute Gasteiger partial charge is 0.0543 e. The first kappa shape index (κ1) is 22.9. The molecule has 0 aliphatic heterocycles. The molecule has 4 saturated carbocycles. The second kappa shape index (κ2) is 8.57. The normalized spacial score (nSPS) is 48.7. The molecule has 4 fully saturated rings. The van der Waals surface area contributed by atoms with Gasteiger partial charge in [-0.25, -0.2) is 0 Å². The summed E-state index contributed by atoms with van der Waals surface area (Å²) in [4.78, 5) is 0. The summed E-state index contributed by atoms with van der Waals surface area (Å²) in [5, 5.41) is 10.3. The minimum atomic E-state index is -0.0172. The molecule has 0 bridgehead atoms. The van der Waals surface area contributed by atoms with Crippen molar-refractivity contribution >= 4 is 0 Å². The fraction of sp³-hybridized carbons (Fsp3) is 0.931. The SMILES string of the molecule is C=C[C@@H](C)[C@H](C)CC[C@@H](C)C1CCC2C3CC[C@@H]4C[C@@H](O)CC[C@]4(C)C3CC[C@@]21C. The second-order valence-electron chi connectivity index (χ2n) is 12.9. The van der Waals surface area contributed by atoms with Crippen molar-refractivity contribution in [3.8, 4) is 0 Å². The first-order valence-electron chi connectivity index (χ1n) is 13.5. The van der Waals surface area contributed by atoms with E-state index in [2.05, 4.69) is 47.3 Å². The number of aliphatic hydroxyl groups excluding tert-OH is 1. The zero-order valence-corrected chi connectivity index (χ0v) is 20.7. The fourth-order valence-corrected chi connectivity index (χ4v) is 9.43. The van der Waals surface area contributed by atoms with E-state index in [1.807, 2.05) is 0 Å². The van der Waals surface area contributed by atoms with Gasteiger partial charge in [0, 0.05) is 0 Å². The zero-order chi connectivity index (χ0) is 21.7. The number of rotatable bonds is 6. The maximum Gasteiger partial charge on any atom is 0.0543 e. The van der Waals surface area contributed by atoms with Crippen LogP contribution in [0.1, 0.15) is 105 Å². The van der Waals surface area contributed by atoms with Crippen LogP contribution in [0.5, 0.6) is 0 Å². The van der Waals surface area contributed by atoms with Crippen molar-refractivity contribution in [1.82, 2.24) is 0 Å². The largest absolute Gasteiger partial charge is 0.393 e. The van der Waals surface area contributed by atoms with Crippen LogP contribution in [0.2, 0.25) is 0 Å². The summed E-state index contributed by atoms with van der Waals surface area (Å²) in [6.45, 7) is 16.7. The molecular formula is C29H50O. The lowest BCUT2D eigenvalue weighted by atomic mass is 9.44. The van der Waals surface area contributed by atoms with E-state index in [1.54, 1.807) is 0 Å². The highest BCUT2D eigenvalue weighted by Crippen LogP contribution is 2.68. The molecule has 1 nitrogen and oxygen atoms in total. The molecular weight excluding hydrogens is 364 g/mol. The van der Waals surface area contributed by atoms with Gasteiger partial charge in [0.2, 0.25) is 0 Å². The van der Waals surface area contributed by atoms with Gasteiger partial charge in [-0.2, -0.15) is 0 Å². The maximum absolute atomic E-state index is 10.3. The van der Waals surface area contributed by atoms with Gasteiger partial charge in [0.05, 0.1) is 6.10 Å². The Labute approximate surface area is 187 Å². The Morgan fingerprint density at radius 3 is 2.33 bits per heavy atom. The van der Waals surface area contributed by atoms with E-state index >= 15 is 0 Å². The van der Waals surface area contributed by atoms with Crippen LogP contribution in [0.15, 0.2) is 12.7 Å². The van der Waals surface area contributed by atoms with E-state index in [4.69, 9.17) is 0 Å². The quantitative estimate of drug-likeness (QED) is 0.438. The molecule has 4 unspecified atom stereocenters. The van der Waals surface area contributed by atoms with Crippen LogP contribution in [-0.4, -0.2) is 11.2 Å². The summed E-state index contributed by atoms with van der Waals surface area (Å²) in [6.07, 6.45) is 17.1. The highest BCUT2D eigenvalue weighted by atomic mass is 16.3. The van der Waals surface area contributed by atoms with Crippen molar-refractivity contribution in [2.75, 3.05) is 0 Å². The molecule has 11 atom stereocenters. The van der Waals surface area contributed by atoms with Crippen LogP contribution in [0.25, 0.3) is 0 Å². The van der Waals surface area contributed by atoms with Crippen molar-refractivity contribution in [2.24, 2.45) is 58.2 Å². The zero-order valence-electron chi connectivity index (χ0n) is 20.7. The third-order valence-electron chi connectivity index (χ3n) is 11.7. The van der Waals surface area contributed by atoms with Crippen molar-refractivity contribution in [2.45, 2.75) is 111 Å². The lowest BCUT2D eigenvalue weighted by Gasteiger charge is -2.61. The summed E-state index contributed by atoms with van der Waals surface area (Å²) in [7, 11) is 0. The Morgan fingerprint density at radius 2 is 1.60 bits per heavy atom. The molecule has 1 N–H and O–H groups in total. The highest BCUT2D eigenvalue weighted by molar-refractivity contribution is 5.09. The van der Waals surface area contributed by atoms with Crippen LogP contribution in [0, 0.1) is 58.2 Å². The molecule has 4 rings (SSSR count). The van der Waals surface area contributed by atoms with Gasteiger partial charge in [-0.15, -0.1) is 6.58 Å². The predicted molar refractivity (Wildman–Crippen MR) is 128 cm³/mol. The van der Waals surface area contributed by atoms with E-state index in [9.17, 15) is 5.11 Å². The minimum absolute atomic E-state index is 0.0172. The van der Waals surface area contributed by atoms with Gasteiger partial charge in [0.15, 0.2) is 0 Å². The summed E-state index contributed by atoms with van der Waals surface area (Å²) >= 11 is 0. The first-order chi connectivity index (χ1) is 14.2. The van der Waals surface area contributed by atoms with Gasteiger partial charge >= 0.3 is 0 Å². The second-order valence-corrected chi connectivity index (χ2v) is 12.9. The molecule has 0 saturated heterocycles. The highest BCUT2D eigenvalue weighted by Gasteiger charge is 2.60. The number of fused-ring (bicyclic) bond motifs is 5. The number of hydrogen-bond acceptors (Lipinski definition) is 1. The van der Waals surface area contributed by atoms with Crippen LogP contribution >= 0.6 is 0 Å². The van der Waals surface area contributed by atoms with E-state index < -0.39 is 0 Å². The third kappa shape index (κ3) is 3.74. The average Bonchev–Trinajstić information content (AvgIpc) is 3.09. The fourth-order valence-electron chi connectivity index (χ4n) is 9.43. The van der Waals surface area contributed by atoms with Crippen molar-refractivity contribution < 1.29 is 5.11 Å². The number of allylic oxidation sites excluding steroid dienone is 1. The van der Waals surface area contributed by atoms with E-state index in [1.165, 1.54) is 57.8 Å². The van der Waals surface area contributed by atoms with E-state index in [0.717, 1.165) is 54.3 Å². The Balaban J connectivity index is 1.44. The molecule has 30 heavy (non-hydrogen) atoms. The third-order valence-corrected chi connectivity index (χ3v) is 11.7. The number of hydrogen-bond donors (Lipinski definition) is 1. The summed E-state index contributed by atoms with van der Waals surface area (Å²) in [5.74, 6) is 6.88. The molecule has 0 radical (unpaired) electrons. The number of aliphatic hydroxyl groups is 1. The van der Waals surface area contributed by atoms with Crippen molar-refractivity contribution in [3.05, 3.63) is 12.7 Å². The maximum atomic E-state index is 10.3. The van der Waals surface area contributed by atoms with Crippen LogP contribution < -0.4 is 0 Å². The van der Waals surface area contributed by atoms with Crippen molar-refractivity contribution in [3.63, 3.8) is 0 Å². The van der Waals surface area contributed by atoms with Gasteiger partial charge in [0.25, 0.3) is 0 Å². The molecule has 172 valence electrons. The standard InChI is InChI=1S/C29H50O/c1-7-19(2)20(3)8-9-21(4)25-12-13-26-24-11-10-22-18-23(30)14-16-28(22,5)27(24)15-17-29(25,26)6/h7,19-27,30H,1,8-18H2,2-6H3/t19-,20-,21-,22-,23+,24?,25?,26?,27?,28+,29-/m1/s1. The summed E-state index contributed by atoms with van der Waals surface area (Å²) < 4.78 is 0. The molecule has 0 aromatic heterocycles. The Morgan fingerprint density at radius 1 is 0.900 bits per heavy atom. The van der Waals surface area contributed by atoms with E-state index in [-0.39, 0.29) is 6.10 Å². The van der Waals surface area contributed by atoms with Gasteiger partial charge < -0.3 is 5.11 Å². The first-order valence-corrected chi connectivity index (χ1v) is 13.5. The topological polar surface area (TPSA) is 20.2 Å². The molecule has 0 heterocycles. The average molecular weight is 415 g/mol. The van der Waals surface area contributed by atoms with Gasteiger partial charge in [-0.3, -0.25) is 0 Å². The van der Waals surface area contributed by atoms with Crippen LogP contribution in [0.3, 0.4) is 0 Å². The van der Waals surface area contributed by atoms with Gasteiger partial charge in [0.1, 0.15) is 0 Å². The lowest BCUT2D eigenvalue weighted by molar-refractivity contribution is -0.129. The predicted octanol–water partition coefficient (Wildman–Crippen LogP) is 7.88. The van der Waals surface area contributed by atoms with Gasteiger partial charge in [-0.1, -0.05) is 47.1 Å². The van der Waals surface area contributed by atoms with Crippen molar-refractivity contribution in [1.29, 1.82) is 0 Å². The van der Waals surface area contributed by atoms with E-state index in [0.29, 0.717) is 16.7 Å². The van der Waals surface area contributed by atoms with Crippen LogP contribution in [0.4, 0.5) is 0 Å². The molecule has 1 heteroatoms. The Bertz CT molecular complexity index is 611. The summed E-state index contributed by atoms with van der Waals surface area (Å²) in [5.41, 5.74) is 1.11. The van der Waals surface area contributed by atoms with Crippen LogP contribution in [-0.2, 0) is 0 Å². The molecule has 4 aliphatic rings. The lowest BCUT2D eigenvalue weighted by Crippen LogP contribution is -2.54. The van der Waals surface area contributed by atoms with Gasteiger partial charge in [-0.05, 0) is 122 Å². The minimum Gasteiger partial charge on any atom is -0.393 e. The molecule has 0 spiro atoms.